The molecule has 17 atom stereocenters. The molecule has 4 fully saturated rings. The van der Waals surface area contributed by atoms with E-state index in [1.165, 1.54) is 14.0 Å². The molecule has 5 unspecified atom stereocenters. The van der Waals surface area contributed by atoms with Crippen LogP contribution in [0, 0.1) is 17.8 Å². The van der Waals surface area contributed by atoms with Gasteiger partial charge in [0.2, 0.25) is 0 Å². The fraction of sp³-hybridized carbons (Fsp3) is 0.923. The minimum absolute atomic E-state index is 0.133. The van der Waals surface area contributed by atoms with Crippen molar-refractivity contribution < 1.29 is 58.4 Å². The summed E-state index contributed by atoms with van der Waals surface area (Å²) < 4.78 is 45.2. The van der Waals surface area contributed by atoms with Gasteiger partial charge in [0.15, 0.2) is 12.6 Å². The maximum atomic E-state index is 14.3. The predicted molar refractivity (Wildman–Crippen MR) is 191 cm³/mol. The van der Waals surface area contributed by atoms with Crippen LogP contribution < -0.4 is 0 Å². The van der Waals surface area contributed by atoms with Gasteiger partial charge in [0.05, 0.1) is 41.9 Å². The van der Waals surface area contributed by atoms with Crippen LogP contribution >= 0.6 is 0 Å². The summed E-state index contributed by atoms with van der Waals surface area (Å²) in [5.41, 5.74) is -2.92. The molecule has 0 spiro atoms. The molecule has 5 aliphatic rings. The van der Waals surface area contributed by atoms with Gasteiger partial charge in [-0.05, 0) is 92.8 Å². The number of hydrogen-bond donors (Lipinski definition) is 4. The monoisotopic (exact) mass is 741 g/mol. The van der Waals surface area contributed by atoms with Crippen molar-refractivity contribution in [1.29, 1.82) is 0 Å². The third kappa shape index (κ3) is 7.97. The number of ether oxygens (including phenoxy) is 7. The number of rotatable bonds is 9. The predicted octanol–water partition coefficient (Wildman–Crippen LogP) is 3.43. The van der Waals surface area contributed by atoms with Crippen LogP contribution in [0.3, 0.4) is 0 Å². The summed E-state index contributed by atoms with van der Waals surface area (Å²) in [4.78, 5) is 16.7. The van der Waals surface area contributed by atoms with Gasteiger partial charge in [0, 0.05) is 31.9 Å². The van der Waals surface area contributed by atoms with E-state index < -0.39 is 95.8 Å². The van der Waals surface area contributed by atoms with Gasteiger partial charge in [-0.2, -0.15) is 0 Å². The van der Waals surface area contributed by atoms with E-state index in [4.69, 9.17) is 33.2 Å². The first-order valence-corrected chi connectivity index (χ1v) is 19.5. The minimum atomic E-state index is -1.82. The number of nitrogens with zero attached hydrogens (tertiary/aromatic N) is 1. The Morgan fingerprint density at radius 1 is 1.04 bits per heavy atom. The van der Waals surface area contributed by atoms with Crippen molar-refractivity contribution in [3.05, 3.63) is 11.3 Å². The molecule has 0 aromatic heterocycles. The zero-order chi connectivity index (χ0) is 38.5. The van der Waals surface area contributed by atoms with E-state index in [0.29, 0.717) is 18.6 Å². The van der Waals surface area contributed by atoms with Crippen molar-refractivity contribution in [2.45, 2.75) is 192 Å². The molecule has 5 aliphatic heterocycles. The molecule has 4 N–H and O–H groups in total. The second-order valence-electron chi connectivity index (χ2n) is 17.1. The molecule has 5 rings (SSSR count). The first-order valence-electron chi connectivity index (χ1n) is 19.5. The molecule has 5 heterocycles. The van der Waals surface area contributed by atoms with Crippen LogP contribution in [-0.4, -0.2) is 136 Å². The van der Waals surface area contributed by atoms with Crippen LogP contribution in [0.5, 0.6) is 0 Å². The van der Waals surface area contributed by atoms with Crippen LogP contribution in [0.15, 0.2) is 11.3 Å². The Kier molecular flexibility index (Phi) is 12.8. The van der Waals surface area contributed by atoms with Gasteiger partial charge in [-0.25, -0.2) is 0 Å². The third-order valence-electron chi connectivity index (χ3n) is 12.9. The first kappa shape index (κ1) is 41.8. The molecular weight excluding hydrogens is 674 g/mol. The maximum absolute atomic E-state index is 14.3. The van der Waals surface area contributed by atoms with E-state index in [2.05, 4.69) is 4.90 Å². The molecule has 0 aliphatic carbocycles. The highest BCUT2D eigenvalue weighted by atomic mass is 16.7. The second-order valence-corrected chi connectivity index (χ2v) is 17.1. The van der Waals surface area contributed by atoms with Crippen molar-refractivity contribution in [3.8, 4) is 0 Å². The molecule has 0 aromatic carbocycles. The number of fused-ring (bicyclic) bond motifs is 2. The average molecular weight is 742 g/mol. The fourth-order valence-electron chi connectivity index (χ4n) is 9.65. The molecular formula is C39H67NO12. The molecule has 300 valence electrons. The number of aliphatic hydroxyl groups excluding tert-OH is 3. The number of carbonyl (C=O) groups excluding carboxylic acids is 1. The van der Waals surface area contributed by atoms with Crippen molar-refractivity contribution in [3.63, 3.8) is 0 Å². The van der Waals surface area contributed by atoms with Gasteiger partial charge in [-0.1, -0.05) is 20.8 Å². The summed E-state index contributed by atoms with van der Waals surface area (Å²) in [6.07, 6.45) is -4.84. The van der Waals surface area contributed by atoms with Crippen LogP contribution in [-0.2, 0) is 38.0 Å². The lowest BCUT2D eigenvalue weighted by Gasteiger charge is -2.48. The average Bonchev–Trinajstić information content (AvgIpc) is 3.74. The van der Waals surface area contributed by atoms with Crippen molar-refractivity contribution in [1.82, 2.24) is 4.90 Å². The number of esters is 1. The van der Waals surface area contributed by atoms with E-state index in [1.54, 1.807) is 27.7 Å². The van der Waals surface area contributed by atoms with Gasteiger partial charge in [-0.15, -0.1) is 0 Å². The highest BCUT2D eigenvalue weighted by Gasteiger charge is 2.57. The lowest BCUT2D eigenvalue weighted by molar-refractivity contribution is -0.316. The van der Waals surface area contributed by atoms with E-state index in [9.17, 15) is 25.2 Å². The largest absolute Gasteiger partial charge is 0.488 e. The Hall–Kier alpha value is -1.39. The lowest BCUT2D eigenvalue weighted by Crippen LogP contribution is -2.60. The van der Waals surface area contributed by atoms with E-state index in [0.717, 1.165) is 31.5 Å². The van der Waals surface area contributed by atoms with Gasteiger partial charge in [0.25, 0.3) is 0 Å². The lowest BCUT2D eigenvalue weighted by atomic mass is 9.78. The molecule has 0 amide bonds. The number of aliphatic hydroxyl groups is 4. The van der Waals surface area contributed by atoms with Crippen molar-refractivity contribution in [2.24, 2.45) is 17.8 Å². The summed E-state index contributed by atoms with van der Waals surface area (Å²) >= 11 is 0. The zero-order valence-electron chi connectivity index (χ0n) is 33.2. The number of hydrogen-bond acceptors (Lipinski definition) is 13. The van der Waals surface area contributed by atoms with Crippen molar-refractivity contribution in [2.75, 3.05) is 20.2 Å². The molecule has 0 radical (unpaired) electrons. The Labute approximate surface area is 310 Å². The Balaban J connectivity index is 1.57. The highest BCUT2D eigenvalue weighted by molar-refractivity contribution is 5.73. The van der Waals surface area contributed by atoms with Gasteiger partial charge < -0.3 is 53.6 Å². The quantitative estimate of drug-likeness (QED) is 0.254. The summed E-state index contributed by atoms with van der Waals surface area (Å²) in [6.45, 7) is 20.0. The van der Waals surface area contributed by atoms with Gasteiger partial charge in [0.1, 0.15) is 41.4 Å². The smallest absolute Gasteiger partial charge is 0.311 e. The van der Waals surface area contributed by atoms with E-state index in [-0.39, 0.29) is 25.0 Å². The summed E-state index contributed by atoms with van der Waals surface area (Å²) in [6, 6.07) is -0.133. The van der Waals surface area contributed by atoms with Crippen LogP contribution in [0.4, 0.5) is 0 Å². The molecule has 0 aromatic rings. The highest BCUT2D eigenvalue weighted by Crippen LogP contribution is 2.48. The molecule has 4 saturated heterocycles. The van der Waals surface area contributed by atoms with Gasteiger partial charge >= 0.3 is 5.97 Å². The van der Waals surface area contributed by atoms with E-state index >= 15 is 0 Å². The first-order chi connectivity index (χ1) is 24.3. The van der Waals surface area contributed by atoms with E-state index in [1.807, 2.05) is 34.6 Å². The summed E-state index contributed by atoms with van der Waals surface area (Å²) in [5, 5.41) is 45.6. The number of methoxy groups -OCH3 is 1. The molecule has 13 nitrogen and oxygen atoms in total. The van der Waals surface area contributed by atoms with Crippen LogP contribution in [0.2, 0.25) is 0 Å². The Bertz CT molecular complexity index is 1270. The maximum Gasteiger partial charge on any atom is 0.311 e. The molecule has 0 saturated carbocycles. The standard InChI is InChI=1S/C39H67NO12/c1-12-27(41)39(10,45)34-22(4)30-20(2)18-38(9,52-30)33(51-36-29(42)26(17-21(3)47-36)40-15-13-14-16-40)23(5)31(24(6)35(44)50-34)49-28-19-37(8,46-11)32(43)25(7)48-28/h21-29,31-34,36,41-43,45H,12-19H2,1-11H3/t21?,22-,23-,24+,25?,26?,27+,28-,29?,31-,32-,33+,34+,36-,37?,38-,39+/m0/s1. The molecule has 13 heteroatoms. The van der Waals surface area contributed by atoms with Gasteiger partial charge in [-0.3, -0.25) is 9.69 Å². The summed E-state index contributed by atoms with van der Waals surface area (Å²) in [7, 11) is 1.53. The number of cyclic esters (lactones) is 1. The summed E-state index contributed by atoms with van der Waals surface area (Å²) in [5.74, 6) is -2.21. The molecule has 52 heavy (non-hydrogen) atoms. The fourth-order valence-corrected chi connectivity index (χ4v) is 9.65. The van der Waals surface area contributed by atoms with Crippen LogP contribution in [0.1, 0.15) is 108 Å². The van der Waals surface area contributed by atoms with Crippen molar-refractivity contribution >= 4 is 5.97 Å². The Morgan fingerprint density at radius 3 is 2.31 bits per heavy atom. The Morgan fingerprint density at radius 2 is 1.69 bits per heavy atom. The second kappa shape index (κ2) is 16.0. The normalized spacial score (nSPS) is 47.0. The number of likely N-dealkylation sites (tertiary alicyclic amines) is 1. The molecule has 2 bridgehead atoms. The SMILES string of the molecule is CC[C@@H](O)[C@@](C)(O)[C@@H]1OC(=O)[C@H](C)[C@@H](O[C@H]2CC(C)(OC)[C@@H](O)C(C)O2)[C@H](C)[C@@H](O[C@@H]2OC(C)CC(N3CCCC3)C2O)[C@]2(C)CC(C)=C(O2)[C@@H]1C. The minimum Gasteiger partial charge on any atom is -0.488 e. The topological polar surface area (TPSA) is 166 Å². The van der Waals surface area contributed by atoms with Crippen LogP contribution in [0.25, 0.3) is 0 Å². The zero-order valence-corrected chi connectivity index (χ0v) is 33.2. The number of carbonyl (C=O) groups is 1. The third-order valence-corrected chi connectivity index (χ3v) is 12.9.